The topological polar surface area (TPSA) is 29.1 Å². The standard InChI is InChI=1S/C20H41NO.H2/c1-3-5-6-7-9-12-15-18-21-19-16-13-10-8-11-14-17-20(22)4-2;/h21H,3-19H2,1-2H3;1H. The molecular weight excluding hydrogens is 270 g/mol. The summed E-state index contributed by atoms with van der Waals surface area (Å²) in [6.45, 7) is 6.62. The highest BCUT2D eigenvalue weighted by atomic mass is 16.1. The first-order valence-corrected chi connectivity index (χ1v) is 10.0. The Balaban J connectivity index is 0. The van der Waals surface area contributed by atoms with Gasteiger partial charge >= 0.3 is 0 Å². The zero-order valence-corrected chi connectivity index (χ0v) is 15.4. The quantitative estimate of drug-likeness (QED) is 0.302. The van der Waals surface area contributed by atoms with Gasteiger partial charge in [-0.25, -0.2) is 0 Å². The fraction of sp³-hybridized carbons (Fsp3) is 0.950. The van der Waals surface area contributed by atoms with Crippen molar-refractivity contribution in [2.75, 3.05) is 13.1 Å². The summed E-state index contributed by atoms with van der Waals surface area (Å²) < 4.78 is 0. The summed E-state index contributed by atoms with van der Waals surface area (Å²) in [5.41, 5.74) is 0. The monoisotopic (exact) mass is 313 g/mol. The van der Waals surface area contributed by atoms with E-state index in [4.69, 9.17) is 0 Å². The molecule has 0 saturated carbocycles. The molecule has 0 aliphatic heterocycles. The molecule has 2 heteroatoms. The smallest absolute Gasteiger partial charge is 0.132 e. The molecule has 22 heavy (non-hydrogen) atoms. The molecule has 0 atom stereocenters. The molecule has 0 bridgehead atoms. The summed E-state index contributed by atoms with van der Waals surface area (Å²) in [7, 11) is 0. The van der Waals surface area contributed by atoms with Crippen LogP contribution in [0.3, 0.4) is 0 Å². The molecule has 0 aromatic carbocycles. The van der Waals surface area contributed by atoms with Gasteiger partial charge in [-0.15, -0.1) is 0 Å². The van der Waals surface area contributed by atoms with Gasteiger partial charge in [0.25, 0.3) is 0 Å². The van der Waals surface area contributed by atoms with Crippen LogP contribution in [0.1, 0.15) is 112 Å². The predicted molar refractivity (Wildman–Crippen MR) is 101 cm³/mol. The number of Topliss-reactive ketones (excluding diaryl/α,β-unsaturated/α-hetero) is 1. The maximum atomic E-state index is 11.2. The number of ketones is 1. The van der Waals surface area contributed by atoms with Crippen molar-refractivity contribution in [1.82, 2.24) is 5.32 Å². The predicted octanol–water partition coefficient (Wildman–Crippen LogP) is 6.28. The summed E-state index contributed by atoms with van der Waals surface area (Å²) in [4.78, 5) is 11.2. The van der Waals surface area contributed by atoms with Gasteiger partial charge in [-0.1, -0.05) is 78.1 Å². The van der Waals surface area contributed by atoms with Crippen molar-refractivity contribution in [2.45, 2.75) is 110 Å². The van der Waals surface area contributed by atoms with Crippen molar-refractivity contribution < 1.29 is 6.22 Å². The zero-order valence-electron chi connectivity index (χ0n) is 15.4. The van der Waals surface area contributed by atoms with Crippen LogP contribution in [-0.4, -0.2) is 18.9 Å². The maximum Gasteiger partial charge on any atom is 0.132 e. The Bertz CT molecular complexity index is 234. The van der Waals surface area contributed by atoms with E-state index in [9.17, 15) is 4.79 Å². The van der Waals surface area contributed by atoms with Crippen LogP contribution in [0, 0.1) is 0 Å². The van der Waals surface area contributed by atoms with E-state index in [-0.39, 0.29) is 1.43 Å². The normalized spacial score (nSPS) is 11.0. The van der Waals surface area contributed by atoms with Gasteiger partial charge in [0, 0.05) is 14.3 Å². The SMILES string of the molecule is CCCCCCCCCNCCCCCCCCC(=O)CC.[HH]. The van der Waals surface area contributed by atoms with Gasteiger partial charge in [-0.3, -0.25) is 4.79 Å². The Morgan fingerprint density at radius 2 is 1.14 bits per heavy atom. The molecule has 0 unspecified atom stereocenters. The molecule has 0 radical (unpaired) electrons. The van der Waals surface area contributed by atoms with Gasteiger partial charge in [0.1, 0.15) is 5.78 Å². The van der Waals surface area contributed by atoms with Crippen molar-refractivity contribution in [3.8, 4) is 0 Å². The van der Waals surface area contributed by atoms with Gasteiger partial charge in [0.2, 0.25) is 0 Å². The minimum atomic E-state index is 0. The maximum absolute atomic E-state index is 11.2. The lowest BCUT2D eigenvalue weighted by Crippen LogP contribution is -2.16. The highest BCUT2D eigenvalue weighted by Gasteiger charge is 1.97. The minimum Gasteiger partial charge on any atom is -0.317 e. The van der Waals surface area contributed by atoms with Crippen LogP contribution >= 0.6 is 0 Å². The van der Waals surface area contributed by atoms with E-state index < -0.39 is 0 Å². The first-order valence-electron chi connectivity index (χ1n) is 10.0. The number of unbranched alkanes of at least 4 members (excludes halogenated alkanes) is 11. The summed E-state index contributed by atoms with van der Waals surface area (Å²) in [6.07, 6.45) is 18.9. The van der Waals surface area contributed by atoms with Crippen LogP contribution in [-0.2, 0) is 4.79 Å². The molecule has 0 rings (SSSR count). The number of hydrogen-bond acceptors (Lipinski definition) is 2. The van der Waals surface area contributed by atoms with Crippen molar-refractivity contribution in [2.24, 2.45) is 0 Å². The third-order valence-electron chi connectivity index (χ3n) is 4.41. The molecule has 0 aliphatic rings. The summed E-state index contributed by atoms with van der Waals surface area (Å²) in [6, 6.07) is 0. The van der Waals surface area contributed by atoms with Crippen molar-refractivity contribution in [1.29, 1.82) is 0 Å². The van der Waals surface area contributed by atoms with Gasteiger partial charge in [-0.05, 0) is 32.4 Å². The van der Waals surface area contributed by atoms with Gasteiger partial charge in [0.15, 0.2) is 0 Å². The summed E-state index contributed by atoms with van der Waals surface area (Å²) in [5, 5.41) is 3.57. The summed E-state index contributed by atoms with van der Waals surface area (Å²) in [5.74, 6) is 0.426. The molecule has 2 nitrogen and oxygen atoms in total. The van der Waals surface area contributed by atoms with E-state index in [2.05, 4.69) is 12.2 Å². The lowest BCUT2D eigenvalue weighted by atomic mass is 10.1. The molecule has 0 saturated heterocycles. The lowest BCUT2D eigenvalue weighted by Gasteiger charge is -2.05. The fourth-order valence-corrected chi connectivity index (χ4v) is 2.79. The van der Waals surface area contributed by atoms with Crippen LogP contribution < -0.4 is 5.32 Å². The molecule has 0 aromatic rings. The van der Waals surface area contributed by atoms with Gasteiger partial charge in [-0.2, -0.15) is 0 Å². The molecule has 0 aromatic heterocycles. The third kappa shape index (κ3) is 17.7. The first kappa shape index (κ1) is 21.6. The molecular formula is C20H43NO. The molecule has 0 spiro atoms. The highest BCUT2D eigenvalue weighted by Crippen LogP contribution is 2.08. The zero-order chi connectivity index (χ0) is 16.3. The van der Waals surface area contributed by atoms with Gasteiger partial charge < -0.3 is 5.32 Å². The average molecular weight is 314 g/mol. The Labute approximate surface area is 141 Å². The molecule has 0 aliphatic carbocycles. The Kier molecular flexibility index (Phi) is 18.4. The minimum absolute atomic E-state index is 0. The van der Waals surface area contributed by atoms with E-state index in [1.807, 2.05) is 6.92 Å². The first-order chi connectivity index (χ1) is 10.8. The van der Waals surface area contributed by atoms with Crippen LogP contribution in [0.2, 0.25) is 0 Å². The number of rotatable bonds is 18. The van der Waals surface area contributed by atoms with Crippen molar-refractivity contribution in [3.05, 3.63) is 0 Å². The number of nitrogens with one attached hydrogen (secondary N) is 1. The van der Waals surface area contributed by atoms with Crippen LogP contribution in [0.15, 0.2) is 0 Å². The molecule has 0 amide bonds. The molecule has 0 heterocycles. The van der Waals surface area contributed by atoms with Gasteiger partial charge in [0.05, 0.1) is 0 Å². The van der Waals surface area contributed by atoms with E-state index in [1.54, 1.807) is 0 Å². The second-order valence-electron chi connectivity index (χ2n) is 6.63. The second kappa shape index (κ2) is 18.7. The van der Waals surface area contributed by atoms with Crippen molar-refractivity contribution >= 4 is 5.78 Å². The van der Waals surface area contributed by atoms with E-state index in [1.165, 1.54) is 90.1 Å². The number of carbonyl (C=O) groups is 1. The summed E-state index contributed by atoms with van der Waals surface area (Å²) >= 11 is 0. The molecule has 1 N–H and O–H groups in total. The van der Waals surface area contributed by atoms with Crippen LogP contribution in [0.4, 0.5) is 0 Å². The average Bonchev–Trinajstić information content (AvgIpc) is 2.54. The number of carbonyl (C=O) groups excluding carboxylic acids is 1. The number of hydrogen-bond donors (Lipinski definition) is 1. The Hall–Kier alpha value is -0.370. The Morgan fingerprint density at radius 3 is 1.64 bits per heavy atom. The Morgan fingerprint density at radius 1 is 0.682 bits per heavy atom. The van der Waals surface area contributed by atoms with Crippen LogP contribution in [0.25, 0.3) is 0 Å². The van der Waals surface area contributed by atoms with Crippen LogP contribution in [0.5, 0.6) is 0 Å². The van der Waals surface area contributed by atoms with E-state index in [0.29, 0.717) is 12.2 Å². The molecule has 134 valence electrons. The van der Waals surface area contributed by atoms with E-state index >= 15 is 0 Å². The highest BCUT2D eigenvalue weighted by molar-refractivity contribution is 5.77. The third-order valence-corrected chi connectivity index (χ3v) is 4.41. The fourth-order valence-electron chi connectivity index (χ4n) is 2.79. The largest absolute Gasteiger partial charge is 0.317 e. The second-order valence-corrected chi connectivity index (χ2v) is 6.63. The van der Waals surface area contributed by atoms with E-state index in [0.717, 1.165) is 12.8 Å². The lowest BCUT2D eigenvalue weighted by molar-refractivity contribution is -0.118. The molecule has 0 fully saturated rings. The van der Waals surface area contributed by atoms with Crippen molar-refractivity contribution in [3.63, 3.8) is 0 Å².